The number of carbonyl (C=O) groups is 3. The van der Waals surface area contributed by atoms with Crippen molar-refractivity contribution in [3.63, 3.8) is 0 Å². The van der Waals surface area contributed by atoms with E-state index in [-0.39, 0.29) is 6.04 Å². The lowest BCUT2D eigenvalue weighted by Gasteiger charge is -2.25. The molecule has 108 valence electrons. The van der Waals surface area contributed by atoms with Crippen LogP contribution in [0.5, 0.6) is 0 Å². The van der Waals surface area contributed by atoms with Crippen molar-refractivity contribution >= 4 is 18.0 Å². The molecule has 0 aliphatic carbocycles. The van der Waals surface area contributed by atoms with E-state index in [2.05, 4.69) is 10.1 Å². The topological polar surface area (TPSA) is 105 Å². The van der Waals surface area contributed by atoms with Gasteiger partial charge in [-0.3, -0.25) is 4.79 Å². The Labute approximate surface area is 110 Å². The molecule has 1 saturated heterocycles. The summed E-state index contributed by atoms with van der Waals surface area (Å²) in [6, 6.07) is -1.93. The maximum absolute atomic E-state index is 11.9. The maximum atomic E-state index is 11.9. The van der Waals surface area contributed by atoms with E-state index in [1.807, 2.05) is 0 Å². The molecule has 2 amide bonds. The van der Waals surface area contributed by atoms with Gasteiger partial charge >= 0.3 is 18.0 Å². The third kappa shape index (κ3) is 4.40. The number of carboxylic acid groups (broad SMARTS) is 1. The highest BCUT2D eigenvalue weighted by Gasteiger charge is 2.29. The van der Waals surface area contributed by atoms with Gasteiger partial charge in [-0.25, -0.2) is 9.59 Å². The molecule has 0 aromatic heterocycles. The minimum Gasteiger partial charge on any atom is -0.480 e. The number of urea groups is 1. The number of aliphatic carboxylic acids is 1. The van der Waals surface area contributed by atoms with Crippen LogP contribution in [0.3, 0.4) is 0 Å². The first-order valence-electron chi connectivity index (χ1n) is 5.86. The molecule has 1 rings (SSSR count). The number of methoxy groups -OCH3 is 1. The molecule has 2 N–H and O–H groups in total. The van der Waals surface area contributed by atoms with Gasteiger partial charge in [0, 0.05) is 13.7 Å². The SMILES string of the molecule is COC(=O)C[C@H](NC(=O)N(C)C1CCOC1)C(=O)O. The molecular formula is C11H18N2O6. The van der Waals surface area contributed by atoms with E-state index in [0.29, 0.717) is 19.6 Å². The molecular weight excluding hydrogens is 256 g/mol. The molecule has 1 aliphatic heterocycles. The van der Waals surface area contributed by atoms with Crippen molar-refractivity contribution in [2.24, 2.45) is 0 Å². The monoisotopic (exact) mass is 274 g/mol. The molecule has 0 aromatic rings. The predicted octanol–water partition coefficient (Wildman–Crippen LogP) is -0.567. The first-order chi connectivity index (χ1) is 8.95. The summed E-state index contributed by atoms with van der Waals surface area (Å²) in [6.07, 6.45) is 0.297. The van der Waals surface area contributed by atoms with Gasteiger partial charge in [0.25, 0.3) is 0 Å². The second-order valence-electron chi connectivity index (χ2n) is 4.25. The quantitative estimate of drug-likeness (QED) is 0.651. The average Bonchev–Trinajstić information content (AvgIpc) is 2.90. The van der Waals surface area contributed by atoms with E-state index >= 15 is 0 Å². The number of nitrogens with one attached hydrogen (secondary N) is 1. The number of likely N-dealkylation sites (N-methyl/N-ethyl adjacent to an activating group) is 1. The van der Waals surface area contributed by atoms with E-state index in [4.69, 9.17) is 9.84 Å². The van der Waals surface area contributed by atoms with Crippen molar-refractivity contribution < 1.29 is 29.0 Å². The fraction of sp³-hybridized carbons (Fsp3) is 0.727. The van der Waals surface area contributed by atoms with Crippen molar-refractivity contribution in [1.82, 2.24) is 10.2 Å². The van der Waals surface area contributed by atoms with E-state index < -0.39 is 30.4 Å². The lowest BCUT2D eigenvalue weighted by atomic mass is 10.2. The van der Waals surface area contributed by atoms with Crippen molar-refractivity contribution in [2.45, 2.75) is 24.9 Å². The second kappa shape index (κ2) is 6.93. The Morgan fingerprint density at radius 3 is 2.68 bits per heavy atom. The summed E-state index contributed by atoms with van der Waals surface area (Å²) >= 11 is 0. The number of amides is 2. The first kappa shape index (κ1) is 15.2. The van der Waals surface area contributed by atoms with Crippen LogP contribution in [0.1, 0.15) is 12.8 Å². The smallest absolute Gasteiger partial charge is 0.326 e. The normalized spacial score (nSPS) is 19.6. The van der Waals surface area contributed by atoms with Crippen molar-refractivity contribution in [3.05, 3.63) is 0 Å². The Morgan fingerprint density at radius 2 is 2.21 bits per heavy atom. The van der Waals surface area contributed by atoms with E-state index in [9.17, 15) is 14.4 Å². The van der Waals surface area contributed by atoms with E-state index in [1.165, 1.54) is 4.90 Å². The van der Waals surface area contributed by atoms with Crippen LogP contribution in [-0.2, 0) is 19.1 Å². The van der Waals surface area contributed by atoms with Gasteiger partial charge in [-0.15, -0.1) is 0 Å². The molecule has 19 heavy (non-hydrogen) atoms. The van der Waals surface area contributed by atoms with Crippen LogP contribution in [0.2, 0.25) is 0 Å². The van der Waals surface area contributed by atoms with Crippen molar-refractivity contribution in [2.75, 3.05) is 27.4 Å². The Hall–Kier alpha value is -1.83. The molecule has 0 radical (unpaired) electrons. The summed E-state index contributed by atoms with van der Waals surface area (Å²) < 4.78 is 9.54. The van der Waals surface area contributed by atoms with E-state index in [0.717, 1.165) is 7.11 Å². The van der Waals surface area contributed by atoms with Crippen molar-refractivity contribution in [1.29, 1.82) is 0 Å². The molecule has 1 fully saturated rings. The number of carboxylic acids is 1. The van der Waals surface area contributed by atoms with Crippen LogP contribution in [0.15, 0.2) is 0 Å². The third-order valence-corrected chi connectivity index (χ3v) is 2.97. The fourth-order valence-electron chi connectivity index (χ4n) is 1.69. The van der Waals surface area contributed by atoms with Gasteiger partial charge in [0.2, 0.25) is 0 Å². The second-order valence-corrected chi connectivity index (χ2v) is 4.25. The highest BCUT2D eigenvalue weighted by Crippen LogP contribution is 2.10. The largest absolute Gasteiger partial charge is 0.480 e. The summed E-state index contributed by atoms with van der Waals surface area (Å²) in [5.41, 5.74) is 0. The number of rotatable bonds is 5. The molecule has 1 heterocycles. The van der Waals surface area contributed by atoms with Gasteiger partial charge in [0.1, 0.15) is 6.04 Å². The highest BCUT2D eigenvalue weighted by atomic mass is 16.5. The average molecular weight is 274 g/mol. The van der Waals surface area contributed by atoms with Crippen LogP contribution in [0, 0.1) is 0 Å². The molecule has 2 atom stereocenters. The summed E-state index contributed by atoms with van der Waals surface area (Å²) in [4.78, 5) is 35.3. The zero-order valence-corrected chi connectivity index (χ0v) is 10.9. The predicted molar refractivity (Wildman–Crippen MR) is 63.6 cm³/mol. The van der Waals surface area contributed by atoms with Gasteiger partial charge in [0.15, 0.2) is 0 Å². The summed E-state index contributed by atoms with van der Waals surface area (Å²) in [5, 5.41) is 11.2. The van der Waals surface area contributed by atoms with Gasteiger partial charge in [0.05, 0.1) is 26.2 Å². The number of hydrogen-bond donors (Lipinski definition) is 2. The molecule has 8 heteroatoms. The Kier molecular flexibility index (Phi) is 5.56. The molecule has 0 spiro atoms. The van der Waals surface area contributed by atoms with Crippen LogP contribution in [-0.4, -0.2) is 67.4 Å². The standard InChI is InChI=1S/C11H18N2O6/c1-13(7-3-4-19-6-7)11(17)12-8(10(15)16)5-9(14)18-2/h7-8H,3-6H2,1-2H3,(H,12,17)(H,15,16)/t7?,8-/m0/s1. The number of esters is 1. The molecule has 1 aliphatic rings. The lowest BCUT2D eigenvalue weighted by Crippen LogP contribution is -2.50. The van der Waals surface area contributed by atoms with Crippen LogP contribution in [0.25, 0.3) is 0 Å². The maximum Gasteiger partial charge on any atom is 0.326 e. The van der Waals surface area contributed by atoms with E-state index in [1.54, 1.807) is 7.05 Å². The summed E-state index contributed by atoms with van der Waals surface area (Å²) in [6.45, 7) is 1.01. The minimum absolute atomic E-state index is 0.0763. The van der Waals surface area contributed by atoms with Crippen LogP contribution < -0.4 is 5.32 Å². The Balaban J connectivity index is 2.55. The third-order valence-electron chi connectivity index (χ3n) is 2.97. The number of carbonyl (C=O) groups excluding carboxylic acids is 2. The Morgan fingerprint density at radius 1 is 1.53 bits per heavy atom. The molecule has 0 bridgehead atoms. The van der Waals surface area contributed by atoms with Crippen LogP contribution in [0.4, 0.5) is 4.79 Å². The molecule has 8 nitrogen and oxygen atoms in total. The van der Waals surface area contributed by atoms with Crippen molar-refractivity contribution in [3.8, 4) is 0 Å². The zero-order valence-electron chi connectivity index (χ0n) is 10.9. The van der Waals surface area contributed by atoms with Gasteiger partial charge in [-0.1, -0.05) is 0 Å². The Bertz CT molecular complexity index is 353. The number of hydrogen-bond acceptors (Lipinski definition) is 5. The molecule has 0 aromatic carbocycles. The fourth-order valence-corrected chi connectivity index (χ4v) is 1.69. The highest BCUT2D eigenvalue weighted by molar-refractivity contribution is 5.86. The van der Waals surface area contributed by atoms with Crippen LogP contribution >= 0.6 is 0 Å². The minimum atomic E-state index is -1.30. The number of nitrogens with zero attached hydrogens (tertiary/aromatic N) is 1. The number of ether oxygens (including phenoxy) is 2. The molecule has 0 saturated carbocycles. The van der Waals surface area contributed by atoms with Gasteiger partial charge < -0.3 is 24.8 Å². The lowest BCUT2D eigenvalue weighted by molar-refractivity contribution is -0.147. The summed E-state index contributed by atoms with van der Waals surface area (Å²) in [5.74, 6) is -1.98. The summed E-state index contributed by atoms with van der Waals surface area (Å²) in [7, 11) is 2.72. The van der Waals surface area contributed by atoms with Gasteiger partial charge in [-0.05, 0) is 6.42 Å². The zero-order chi connectivity index (χ0) is 14.4. The first-order valence-corrected chi connectivity index (χ1v) is 5.86. The van der Waals surface area contributed by atoms with Gasteiger partial charge in [-0.2, -0.15) is 0 Å². The molecule has 1 unspecified atom stereocenters.